The van der Waals surface area contributed by atoms with Crippen molar-refractivity contribution in [1.82, 2.24) is 28.6 Å². The molecule has 2 aromatic rings. The quantitative estimate of drug-likeness (QED) is 0.524. The van der Waals surface area contributed by atoms with E-state index in [1.54, 1.807) is 13.5 Å². The number of benzene rings is 1. The average molecular weight is 587 g/mol. The molecule has 4 fully saturated rings. The van der Waals surface area contributed by atoms with Crippen LogP contribution in [-0.4, -0.2) is 102 Å². The fraction of sp³-hybridized carbons (Fsp3) is 0.679. The fourth-order valence-electron chi connectivity index (χ4n) is 6.94. The number of hydrogen-bond acceptors (Lipinski definition) is 7. The molecular weight excluding hydrogens is 544 g/mol. The number of aryl methyl sites for hydroxylation is 1. The topological polar surface area (TPSA) is 137 Å². The molecule has 0 spiro atoms. The highest BCUT2D eigenvalue weighted by Gasteiger charge is 2.36. The molecule has 1 atom stereocenters. The van der Waals surface area contributed by atoms with Gasteiger partial charge < -0.3 is 10.6 Å². The third-order valence-electron chi connectivity index (χ3n) is 9.37. The molecule has 3 N–H and O–H groups in total. The van der Waals surface area contributed by atoms with Gasteiger partial charge in [-0.15, -0.1) is 0 Å². The standard InChI is InChI=1S/C28H42N8O4S/c1-32-25-17-22(4-5-24(25)27(31-32)36-16-10-26(37)30-28(36)38)21-6-12-33(13-7-21)18-20-3-2-11-35(19-20)41(39,40)34-14-8-23(29)9-15-34/h4-5,17,20-21,23H,2-3,6-16,18-19,29H2,1H3,(H,30,37,38). The van der Waals surface area contributed by atoms with Crippen molar-refractivity contribution in [2.75, 3.05) is 57.3 Å². The predicted octanol–water partition coefficient (Wildman–Crippen LogP) is 1.58. The molecule has 41 heavy (non-hydrogen) atoms. The van der Waals surface area contributed by atoms with Gasteiger partial charge in [0, 0.05) is 64.2 Å². The van der Waals surface area contributed by atoms with E-state index in [1.165, 1.54) is 5.56 Å². The zero-order valence-electron chi connectivity index (χ0n) is 23.9. The summed E-state index contributed by atoms with van der Waals surface area (Å²) in [6.45, 7) is 5.53. The molecule has 0 aliphatic carbocycles. The summed E-state index contributed by atoms with van der Waals surface area (Å²) in [5.74, 6) is 1.13. The van der Waals surface area contributed by atoms with E-state index in [4.69, 9.17) is 5.73 Å². The van der Waals surface area contributed by atoms with Crippen molar-refractivity contribution >= 4 is 38.9 Å². The lowest BCUT2D eigenvalue weighted by Crippen LogP contribution is -2.52. The zero-order valence-corrected chi connectivity index (χ0v) is 24.7. The van der Waals surface area contributed by atoms with Crippen molar-refractivity contribution in [2.45, 2.75) is 56.9 Å². The number of piperidine rings is 3. The van der Waals surface area contributed by atoms with E-state index < -0.39 is 16.2 Å². The minimum Gasteiger partial charge on any atom is -0.328 e. The maximum atomic E-state index is 13.3. The van der Waals surface area contributed by atoms with Crippen LogP contribution in [0.1, 0.15) is 56.4 Å². The highest BCUT2D eigenvalue weighted by Crippen LogP contribution is 2.34. The van der Waals surface area contributed by atoms with Gasteiger partial charge in [0.15, 0.2) is 5.82 Å². The number of aromatic nitrogens is 2. The zero-order chi connectivity index (χ0) is 28.7. The lowest BCUT2D eigenvalue weighted by atomic mass is 9.88. The summed E-state index contributed by atoms with van der Waals surface area (Å²) in [6.07, 6.45) is 5.82. The lowest BCUT2D eigenvalue weighted by Gasteiger charge is -2.40. The fourth-order valence-corrected chi connectivity index (χ4v) is 8.70. The second-order valence-corrected chi connectivity index (χ2v) is 14.1. The number of nitrogens with one attached hydrogen (secondary N) is 1. The van der Waals surface area contributed by atoms with Crippen molar-refractivity contribution in [2.24, 2.45) is 18.7 Å². The minimum absolute atomic E-state index is 0.109. The third-order valence-corrected chi connectivity index (χ3v) is 11.4. The minimum atomic E-state index is -3.41. The Morgan fingerprint density at radius 2 is 1.73 bits per heavy atom. The maximum Gasteiger partial charge on any atom is 0.329 e. The van der Waals surface area contributed by atoms with Crippen LogP contribution in [0.25, 0.3) is 10.9 Å². The summed E-state index contributed by atoms with van der Waals surface area (Å²) in [6, 6.07) is 6.08. The first-order chi connectivity index (χ1) is 19.7. The number of anilines is 1. The van der Waals surface area contributed by atoms with Gasteiger partial charge in [-0.25, -0.2) is 4.79 Å². The van der Waals surface area contributed by atoms with Gasteiger partial charge in [0.1, 0.15) is 0 Å². The van der Waals surface area contributed by atoms with E-state index in [9.17, 15) is 18.0 Å². The summed E-state index contributed by atoms with van der Waals surface area (Å²) in [4.78, 5) is 28.0. The van der Waals surface area contributed by atoms with Gasteiger partial charge in [0.25, 0.3) is 10.2 Å². The van der Waals surface area contributed by atoms with E-state index in [0.29, 0.717) is 50.4 Å². The number of carbonyl (C=O) groups excluding carboxylic acids is 2. The molecule has 1 aromatic carbocycles. The number of hydrogen-bond donors (Lipinski definition) is 2. The Hall–Kier alpha value is -2.58. The van der Waals surface area contributed by atoms with Gasteiger partial charge in [-0.3, -0.25) is 19.7 Å². The van der Waals surface area contributed by atoms with Crippen molar-refractivity contribution < 1.29 is 18.0 Å². The summed E-state index contributed by atoms with van der Waals surface area (Å²) in [5.41, 5.74) is 8.25. The Balaban J connectivity index is 1.05. The molecule has 3 amide bonds. The average Bonchev–Trinajstić information content (AvgIpc) is 3.29. The van der Waals surface area contributed by atoms with Crippen LogP contribution >= 0.6 is 0 Å². The van der Waals surface area contributed by atoms with E-state index in [1.807, 2.05) is 11.7 Å². The molecule has 4 aliphatic rings. The van der Waals surface area contributed by atoms with E-state index in [0.717, 1.165) is 69.1 Å². The van der Waals surface area contributed by atoms with Gasteiger partial charge in [-0.2, -0.15) is 22.1 Å². The van der Waals surface area contributed by atoms with Gasteiger partial charge in [0.05, 0.1) is 5.52 Å². The summed E-state index contributed by atoms with van der Waals surface area (Å²) < 4.78 is 31.7. The Labute approximate surface area is 242 Å². The van der Waals surface area contributed by atoms with Gasteiger partial charge in [0.2, 0.25) is 5.91 Å². The molecule has 6 rings (SSSR count). The van der Waals surface area contributed by atoms with Crippen LogP contribution in [0, 0.1) is 5.92 Å². The number of likely N-dealkylation sites (tertiary alicyclic amines) is 1. The largest absolute Gasteiger partial charge is 0.329 e. The van der Waals surface area contributed by atoms with Crippen LogP contribution in [-0.2, 0) is 22.1 Å². The highest BCUT2D eigenvalue weighted by molar-refractivity contribution is 7.86. The molecule has 1 unspecified atom stereocenters. The SMILES string of the molecule is Cn1nc(N2CCC(=O)NC2=O)c2ccc(C3CCN(CC4CCCN(S(=O)(=O)N5CCC(N)CC5)C4)CC3)cc21. The van der Waals surface area contributed by atoms with Crippen LogP contribution in [0.5, 0.6) is 0 Å². The molecule has 13 heteroatoms. The lowest BCUT2D eigenvalue weighted by molar-refractivity contribution is -0.120. The van der Waals surface area contributed by atoms with Crippen LogP contribution < -0.4 is 16.0 Å². The predicted molar refractivity (Wildman–Crippen MR) is 157 cm³/mol. The second kappa shape index (κ2) is 11.6. The van der Waals surface area contributed by atoms with Crippen molar-refractivity contribution in [1.29, 1.82) is 0 Å². The third kappa shape index (κ3) is 5.87. The van der Waals surface area contributed by atoms with Crippen LogP contribution in [0.15, 0.2) is 18.2 Å². The van der Waals surface area contributed by atoms with Crippen LogP contribution in [0.2, 0.25) is 0 Å². The second-order valence-electron chi connectivity index (χ2n) is 12.2. The Bertz CT molecular complexity index is 1400. The number of imide groups is 1. The van der Waals surface area contributed by atoms with Gasteiger partial charge in [-0.05, 0) is 81.1 Å². The first kappa shape index (κ1) is 28.5. The van der Waals surface area contributed by atoms with E-state index >= 15 is 0 Å². The molecule has 4 saturated heterocycles. The molecular formula is C28H42N8O4S. The molecule has 224 valence electrons. The maximum absolute atomic E-state index is 13.3. The van der Waals surface area contributed by atoms with Gasteiger partial charge in [-0.1, -0.05) is 6.07 Å². The Kier molecular flexibility index (Phi) is 8.07. The van der Waals surface area contributed by atoms with Gasteiger partial charge >= 0.3 is 6.03 Å². The van der Waals surface area contributed by atoms with Crippen molar-refractivity contribution in [3.63, 3.8) is 0 Å². The summed E-state index contributed by atoms with van der Waals surface area (Å²) in [5, 5.41) is 7.90. The number of nitrogens with two attached hydrogens (primary N) is 1. The molecule has 0 radical (unpaired) electrons. The molecule has 5 heterocycles. The highest BCUT2D eigenvalue weighted by atomic mass is 32.2. The number of nitrogens with zero attached hydrogens (tertiary/aromatic N) is 6. The Morgan fingerprint density at radius 3 is 2.46 bits per heavy atom. The van der Waals surface area contributed by atoms with Crippen molar-refractivity contribution in [3.05, 3.63) is 23.8 Å². The molecule has 4 aliphatic heterocycles. The van der Waals surface area contributed by atoms with Crippen LogP contribution in [0.3, 0.4) is 0 Å². The summed E-state index contributed by atoms with van der Waals surface area (Å²) in [7, 11) is -1.53. The molecule has 0 bridgehead atoms. The molecule has 1 aromatic heterocycles. The molecule has 12 nitrogen and oxygen atoms in total. The number of rotatable bonds is 6. The normalized spacial score (nSPS) is 25.2. The van der Waals surface area contributed by atoms with E-state index in [-0.39, 0.29) is 18.4 Å². The number of urea groups is 1. The van der Waals surface area contributed by atoms with Crippen LogP contribution in [0.4, 0.5) is 10.6 Å². The monoisotopic (exact) mass is 586 g/mol. The molecule has 0 saturated carbocycles. The smallest absolute Gasteiger partial charge is 0.328 e. The summed E-state index contributed by atoms with van der Waals surface area (Å²) >= 11 is 0. The van der Waals surface area contributed by atoms with Crippen molar-refractivity contribution in [3.8, 4) is 0 Å². The first-order valence-electron chi connectivity index (χ1n) is 15.0. The Morgan fingerprint density at radius 1 is 0.976 bits per heavy atom. The van der Waals surface area contributed by atoms with E-state index in [2.05, 4.69) is 33.5 Å². The first-order valence-corrected chi connectivity index (χ1v) is 16.4. The number of carbonyl (C=O) groups is 2. The number of amides is 3. The number of fused-ring (bicyclic) bond motifs is 1.